The first-order chi connectivity index (χ1) is 13.2. The monoisotopic (exact) mass is 390 g/mol. The minimum absolute atomic E-state index is 0.520. The molecular weight excluding hydrogens is 374 g/mol. The van der Waals surface area contributed by atoms with E-state index in [-0.39, 0.29) is 0 Å². The van der Waals surface area contributed by atoms with Gasteiger partial charge in [-0.2, -0.15) is 4.57 Å². The number of carbonyl (C=O) groups excluding carboxylic acids is 1. The van der Waals surface area contributed by atoms with Crippen LogP contribution in [0.5, 0.6) is 0 Å². The summed E-state index contributed by atoms with van der Waals surface area (Å²) < 4.78 is 2.14. The van der Waals surface area contributed by atoms with Crippen LogP contribution >= 0.6 is 23.5 Å². The van der Waals surface area contributed by atoms with E-state index in [0.29, 0.717) is 6.67 Å². The molecule has 0 unspecified atom stereocenters. The molecule has 132 valence electrons. The van der Waals surface area contributed by atoms with Gasteiger partial charge in [0.15, 0.2) is 6.20 Å². The lowest BCUT2D eigenvalue weighted by Crippen LogP contribution is -2.42. The molecule has 0 N–H and O–H groups in total. The number of rotatable bonds is 3. The second kappa shape index (κ2) is 6.55. The minimum Gasteiger partial charge on any atom is -0.293 e. The number of amides is 1. The largest absolute Gasteiger partial charge is 0.293 e. The van der Waals surface area contributed by atoms with E-state index in [1.807, 2.05) is 18.3 Å². The van der Waals surface area contributed by atoms with Gasteiger partial charge in [-0.25, -0.2) is 0 Å². The second-order valence-corrected chi connectivity index (χ2v) is 8.59. The van der Waals surface area contributed by atoms with E-state index in [1.165, 1.54) is 30.4 Å². The van der Waals surface area contributed by atoms with E-state index in [4.69, 9.17) is 0 Å². The number of carbonyl (C=O) groups is 1. The Hall–Kier alpha value is -2.57. The van der Waals surface area contributed by atoms with E-state index in [0.717, 1.165) is 17.4 Å². The highest BCUT2D eigenvalue weighted by atomic mass is 32.2. The summed E-state index contributed by atoms with van der Waals surface area (Å²) in [5, 5.41) is 2.38. The van der Waals surface area contributed by atoms with Crippen LogP contribution < -0.4 is 4.57 Å². The summed E-state index contributed by atoms with van der Waals surface area (Å²) in [7, 11) is 1.80. The van der Waals surface area contributed by atoms with Crippen molar-refractivity contribution in [2.75, 3.05) is 7.05 Å². The number of benzene rings is 2. The number of pyridine rings is 2. The molecule has 0 saturated heterocycles. The average Bonchev–Trinajstić information content (AvgIpc) is 2.72. The lowest BCUT2D eigenvalue weighted by molar-refractivity contribution is -0.688. The van der Waals surface area contributed by atoms with Gasteiger partial charge in [-0.15, -0.1) is 0 Å². The maximum Gasteiger partial charge on any atom is 0.226 e. The van der Waals surface area contributed by atoms with Gasteiger partial charge in [0, 0.05) is 39.4 Å². The summed E-state index contributed by atoms with van der Waals surface area (Å²) in [5.41, 5.74) is 2.14. The van der Waals surface area contributed by atoms with Gasteiger partial charge in [-0.3, -0.25) is 14.7 Å². The maximum atomic E-state index is 11.1. The van der Waals surface area contributed by atoms with Crippen LogP contribution in [0.1, 0.15) is 0 Å². The van der Waals surface area contributed by atoms with Crippen molar-refractivity contribution < 1.29 is 9.36 Å². The van der Waals surface area contributed by atoms with Crippen LogP contribution in [0, 0.1) is 0 Å². The molecule has 0 fully saturated rings. The zero-order valence-electron chi connectivity index (χ0n) is 14.6. The third kappa shape index (κ3) is 2.76. The van der Waals surface area contributed by atoms with Crippen molar-refractivity contribution in [2.24, 2.45) is 0 Å². The number of hydrogen-bond donors (Lipinski definition) is 0. The molecule has 0 saturated carbocycles. The molecule has 3 heterocycles. The highest BCUT2D eigenvalue weighted by Gasteiger charge is 2.26. The van der Waals surface area contributed by atoms with Gasteiger partial charge in [0.2, 0.25) is 18.6 Å². The molecule has 4 nitrogen and oxygen atoms in total. The molecule has 5 rings (SSSR count). The van der Waals surface area contributed by atoms with Gasteiger partial charge in [-0.05, 0) is 12.1 Å². The Morgan fingerprint density at radius 3 is 2.56 bits per heavy atom. The van der Waals surface area contributed by atoms with Gasteiger partial charge >= 0.3 is 0 Å². The molecule has 0 aliphatic carbocycles. The van der Waals surface area contributed by atoms with Crippen molar-refractivity contribution in [3.8, 4) is 0 Å². The van der Waals surface area contributed by atoms with Crippen LogP contribution in [0.25, 0.3) is 21.8 Å². The second-order valence-electron chi connectivity index (χ2n) is 6.49. The van der Waals surface area contributed by atoms with E-state index in [2.05, 4.69) is 52.1 Å². The van der Waals surface area contributed by atoms with Crippen LogP contribution in [0.4, 0.5) is 0 Å². The standard InChI is InChI=1S/C21H16N3OS2/c1-23(13-25)12-24-11-19-21(15-7-3-5-9-17(15)24)26-18-10-22-16-8-4-2-6-14(16)20(18)27-19/h2-11,13H,12H2,1H3/q+1. The molecular formula is C21H16N3OS2+. The van der Waals surface area contributed by atoms with Crippen LogP contribution in [-0.4, -0.2) is 23.3 Å². The molecule has 1 aliphatic heterocycles. The number of para-hydroxylation sites is 2. The normalized spacial score (nSPS) is 12.6. The smallest absolute Gasteiger partial charge is 0.226 e. The molecule has 0 bridgehead atoms. The number of aromatic nitrogens is 2. The highest BCUT2D eigenvalue weighted by Crippen LogP contribution is 2.51. The first kappa shape index (κ1) is 16.6. The number of nitrogens with zero attached hydrogens (tertiary/aromatic N) is 3. The third-order valence-electron chi connectivity index (χ3n) is 4.63. The molecule has 2 aromatic heterocycles. The Kier molecular flexibility index (Phi) is 4.02. The molecule has 6 heteroatoms. The Balaban J connectivity index is 1.72. The Morgan fingerprint density at radius 2 is 1.70 bits per heavy atom. The first-order valence-electron chi connectivity index (χ1n) is 8.59. The molecule has 1 amide bonds. The average molecular weight is 391 g/mol. The minimum atomic E-state index is 0.520. The maximum absolute atomic E-state index is 11.1. The van der Waals surface area contributed by atoms with Gasteiger partial charge in [0.1, 0.15) is 0 Å². The zero-order chi connectivity index (χ0) is 18.4. The van der Waals surface area contributed by atoms with Gasteiger partial charge in [0.25, 0.3) is 0 Å². The predicted octanol–water partition coefficient (Wildman–Crippen LogP) is 4.34. The first-order valence-corrected chi connectivity index (χ1v) is 10.2. The van der Waals surface area contributed by atoms with Crippen LogP contribution in [-0.2, 0) is 11.5 Å². The zero-order valence-corrected chi connectivity index (χ0v) is 16.3. The lowest BCUT2D eigenvalue weighted by atomic mass is 10.2. The van der Waals surface area contributed by atoms with Crippen LogP contribution in [0.15, 0.2) is 80.5 Å². The van der Waals surface area contributed by atoms with Gasteiger partial charge in [-0.1, -0.05) is 53.9 Å². The van der Waals surface area contributed by atoms with Gasteiger partial charge < -0.3 is 0 Å². The highest BCUT2D eigenvalue weighted by molar-refractivity contribution is 8.05. The quantitative estimate of drug-likeness (QED) is 0.339. The summed E-state index contributed by atoms with van der Waals surface area (Å²) in [6.45, 7) is 0.520. The van der Waals surface area contributed by atoms with Crippen molar-refractivity contribution in [1.29, 1.82) is 0 Å². The Morgan fingerprint density at radius 1 is 1.00 bits per heavy atom. The Bertz CT molecular complexity index is 1210. The molecule has 2 aromatic carbocycles. The summed E-state index contributed by atoms with van der Waals surface area (Å²) in [4.78, 5) is 22.3. The molecule has 27 heavy (non-hydrogen) atoms. The fourth-order valence-electron chi connectivity index (χ4n) is 3.38. The third-order valence-corrected chi connectivity index (χ3v) is 7.23. The summed E-state index contributed by atoms with van der Waals surface area (Å²) in [5.74, 6) is 0. The van der Waals surface area contributed by atoms with E-state index < -0.39 is 0 Å². The SMILES string of the molecule is CN(C=O)C[n+]1cc2c(c3ccccc31)Sc1cnc3ccccc3c1S2. The van der Waals surface area contributed by atoms with E-state index >= 15 is 0 Å². The van der Waals surface area contributed by atoms with Crippen molar-refractivity contribution in [3.05, 3.63) is 60.9 Å². The summed E-state index contributed by atoms with van der Waals surface area (Å²) >= 11 is 3.57. The van der Waals surface area contributed by atoms with E-state index in [9.17, 15) is 4.79 Å². The van der Waals surface area contributed by atoms with Crippen molar-refractivity contribution in [1.82, 2.24) is 9.88 Å². The van der Waals surface area contributed by atoms with Crippen LogP contribution in [0.3, 0.4) is 0 Å². The fourth-order valence-corrected chi connectivity index (χ4v) is 5.89. The molecule has 1 aliphatic rings. The molecule has 4 aromatic rings. The predicted molar refractivity (Wildman–Crippen MR) is 108 cm³/mol. The number of hydrogen-bond acceptors (Lipinski definition) is 4. The van der Waals surface area contributed by atoms with E-state index in [1.54, 1.807) is 35.5 Å². The molecule has 0 spiro atoms. The van der Waals surface area contributed by atoms with Crippen LogP contribution in [0.2, 0.25) is 0 Å². The molecule has 0 radical (unpaired) electrons. The van der Waals surface area contributed by atoms with Crippen molar-refractivity contribution in [2.45, 2.75) is 26.3 Å². The van der Waals surface area contributed by atoms with Crippen molar-refractivity contribution >= 4 is 51.7 Å². The molecule has 0 atom stereocenters. The van der Waals surface area contributed by atoms with Gasteiger partial charge in [0.05, 0.1) is 15.8 Å². The summed E-state index contributed by atoms with van der Waals surface area (Å²) in [6.07, 6.45) is 5.00. The summed E-state index contributed by atoms with van der Waals surface area (Å²) in [6, 6.07) is 16.6. The Labute approximate surface area is 165 Å². The number of fused-ring (bicyclic) bond motifs is 6. The van der Waals surface area contributed by atoms with Crippen molar-refractivity contribution in [3.63, 3.8) is 0 Å². The topological polar surface area (TPSA) is 37.1 Å². The fraction of sp³-hybridized carbons (Fsp3) is 0.0952. The lowest BCUT2D eigenvalue weighted by Gasteiger charge is -2.20.